The first-order chi connectivity index (χ1) is 10.8. The minimum atomic E-state index is -0.00327. The second kappa shape index (κ2) is 6.84. The van der Waals surface area contributed by atoms with E-state index in [1.807, 2.05) is 47.1 Å². The summed E-state index contributed by atoms with van der Waals surface area (Å²) in [4.78, 5) is 9.15. The number of imidazole rings is 1. The molecule has 0 amide bonds. The molecule has 1 fully saturated rings. The van der Waals surface area contributed by atoms with Crippen LogP contribution in [0.15, 0.2) is 42.7 Å². The number of fused-ring (bicyclic) bond motifs is 1. The SMILES string of the molecule is Cl.Clc1ccc2ncc(-c3cccc(C4CNCCO4)n3)n2c1. The molecule has 1 unspecified atom stereocenters. The minimum absolute atomic E-state index is 0. The van der Waals surface area contributed by atoms with Crippen molar-refractivity contribution >= 4 is 29.7 Å². The van der Waals surface area contributed by atoms with Crippen LogP contribution >= 0.6 is 24.0 Å². The topological polar surface area (TPSA) is 51.5 Å². The standard InChI is InChI=1S/C16H15ClN4O.ClH/c17-11-4-5-16-19-8-14(21(16)10-11)12-2-1-3-13(20-12)15-9-18-6-7-22-15;/h1-5,8,10,15,18H,6-7,9H2;1H. The van der Waals surface area contributed by atoms with Crippen molar-refractivity contribution in [2.75, 3.05) is 19.7 Å². The van der Waals surface area contributed by atoms with Crippen LogP contribution in [0.25, 0.3) is 17.0 Å². The van der Waals surface area contributed by atoms with Gasteiger partial charge in [-0.05, 0) is 24.3 Å². The molecule has 1 saturated heterocycles. The summed E-state index contributed by atoms with van der Waals surface area (Å²) < 4.78 is 7.73. The van der Waals surface area contributed by atoms with Crippen molar-refractivity contribution in [2.24, 2.45) is 0 Å². The molecule has 0 aromatic carbocycles. The molecule has 0 saturated carbocycles. The summed E-state index contributed by atoms with van der Waals surface area (Å²) in [6.45, 7) is 2.39. The van der Waals surface area contributed by atoms with E-state index in [2.05, 4.69) is 10.3 Å². The molecule has 3 aromatic heterocycles. The first-order valence-corrected chi connectivity index (χ1v) is 7.61. The first kappa shape index (κ1) is 16.2. The maximum absolute atomic E-state index is 6.09. The predicted octanol–water partition coefficient (Wildman–Crippen LogP) is 3.13. The molecule has 4 heterocycles. The van der Waals surface area contributed by atoms with Gasteiger partial charge in [0.15, 0.2) is 0 Å². The highest BCUT2D eigenvalue weighted by atomic mass is 35.5. The number of halogens is 2. The molecular weight excluding hydrogens is 335 g/mol. The van der Waals surface area contributed by atoms with Crippen molar-refractivity contribution < 1.29 is 4.74 Å². The molecule has 1 aliphatic rings. The molecule has 1 atom stereocenters. The second-order valence-corrected chi connectivity index (χ2v) is 5.67. The molecule has 0 bridgehead atoms. The molecule has 1 N–H and O–H groups in total. The van der Waals surface area contributed by atoms with Crippen LogP contribution in [0.5, 0.6) is 0 Å². The van der Waals surface area contributed by atoms with Crippen LogP contribution < -0.4 is 5.32 Å². The Morgan fingerprint density at radius 1 is 1.26 bits per heavy atom. The summed E-state index contributed by atoms with van der Waals surface area (Å²) in [5, 5.41) is 3.99. The number of hydrogen-bond donors (Lipinski definition) is 1. The number of ether oxygens (including phenoxy) is 1. The molecule has 3 aromatic rings. The van der Waals surface area contributed by atoms with Gasteiger partial charge in [-0.25, -0.2) is 9.97 Å². The lowest BCUT2D eigenvalue weighted by molar-refractivity contribution is 0.0251. The Bertz CT molecular complexity index is 815. The van der Waals surface area contributed by atoms with E-state index in [-0.39, 0.29) is 18.5 Å². The fourth-order valence-corrected chi connectivity index (χ4v) is 2.83. The van der Waals surface area contributed by atoms with Crippen molar-refractivity contribution in [2.45, 2.75) is 6.10 Å². The molecule has 23 heavy (non-hydrogen) atoms. The van der Waals surface area contributed by atoms with Crippen molar-refractivity contribution in [3.05, 3.63) is 53.4 Å². The summed E-state index contributed by atoms with van der Waals surface area (Å²) in [7, 11) is 0. The van der Waals surface area contributed by atoms with Gasteiger partial charge in [-0.2, -0.15) is 0 Å². The fraction of sp³-hybridized carbons (Fsp3) is 0.250. The third-order valence-electron chi connectivity index (χ3n) is 3.76. The van der Waals surface area contributed by atoms with Gasteiger partial charge in [0, 0.05) is 19.3 Å². The van der Waals surface area contributed by atoms with Crippen LogP contribution in [-0.4, -0.2) is 34.1 Å². The Morgan fingerprint density at radius 3 is 3.00 bits per heavy atom. The number of hydrogen-bond acceptors (Lipinski definition) is 4. The number of aromatic nitrogens is 3. The van der Waals surface area contributed by atoms with Gasteiger partial charge in [0.25, 0.3) is 0 Å². The van der Waals surface area contributed by atoms with Gasteiger partial charge in [-0.15, -0.1) is 12.4 Å². The summed E-state index contributed by atoms with van der Waals surface area (Å²) in [5.74, 6) is 0. The first-order valence-electron chi connectivity index (χ1n) is 7.23. The van der Waals surface area contributed by atoms with Gasteiger partial charge in [-0.1, -0.05) is 17.7 Å². The highest BCUT2D eigenvalue weighted by Gasteiger charge is 2.18. The zero-order chi connectivity index (χ0) is 14.9. The Kier molecular flexibility index (Phi) is 4.82. The van der Waals surface area contributed by atoms with E-state index in [1.54, 1.807) is 0 Å². The van der Waals surface area contributed by atoms with E-state index in [0.29, 0.717) is 11.6 Å². The number of rotatable bonds is 2. The van der Waals surface area contributed by atoms with Gasteiger partial charge in [0.05, 0.1) is 34.9 Å². The number of nitrogens with one attached hydrogen (secondary N) is 1. The summed E-state index contributed by atoms with van der Waals surface area (Å²) in [6.07, 6.45) is 3.67. The van der Waals surface area contributed by atoms with Crippen LogP contribution in [0, 0.1) is 0 Å². The number of pyridine rings is 2. The highest BCUT2D eigenvalue weighted by molar-refractivity contribution is 6.30. The van der Waals surface area contributed by atoms with Gasteiger partial charge in [0.1, 0.15) is 11.8 Å². The van der Waals surface area contributed by atoms with Crippen LogP contribution in [0.3, 0.4) is 0 Å². The fourth-order valence-electron chi connectivity index (χ4n) is 2.67. The van der Waals surface area contributed by atoms with E-state index >= 15 is 0 Å². The van der Waals surface area contributed by atoms with Crippen molar-refractivity contribution in [3.8, 4) is 11.4 Å². The third kappa shape index (κ3) is 3.19. The molecule has 0 aliphatic carbocycles. The van der Waals surface area contributed by atoms with Gasteiger partial charge in [0.2, 0.25) is 0 Å². The van der Waals surface area contributed by atoms with Crippen molar-refractivity contribution in [3.63, 3.8) is 0 Å². The lowest BCUT2D eigenvalue weighted by Gasteiger charge is -2.23. The van der Waals surface area contributed by atoms with E-state index < -0.39 is 0 Å². The lowest BCUT2D eigenvalue weighted by Crippen LogP contribution is -2.33. The molecule has 7 heteroatoms. The summed E-state index contributed by atoms with van der Waals surface area (Å²) in [5.41, 5.74) is 3.56. The molecule has 0 spiro atoms. The van der Waals surface area contributed by atoms with Crippen LogP contribution in [-0.2, 0) is 4.74 Å². The van der Waals surface area contributed by atoms with E-state index in [4.69, 9.17) is 21.3 Å². The average Bonchev–Trinajstić information content (AvgIpc) is 2.99. The number of morpholine rings is 1. The Labute approximate surface area is 145 Å². The normalized spacial score (nSPS) is 17.9. The zero-order valence-corrected chi connectivity index (χ0v) is 13.8. The van der Waals surface area contributed by atoms with Gasteiger partial charge >= 0.3 is 0 Å². The second-order valence-electron chi connectivity index (χ2n) is 5.23. The summed E-state index contributed by atoms with van der Waals surface area (Å²) >= 11 is 6.09. The highest BCUT2D eigenvalue weighted by Crippen LogP contribution is 2.24. The maximum Gasteiger partial charge on any atom is 0.137 e. The zero-order valence-electron chi connectivity index (χ0n) is 12.3. The Morgan fingerprint density at radius 2 is 2.17 bits per heavy atom. The van der Waals surface area contributed by atoms with E-state index in [0.717, 1.165) is 35.8 Å². The van der Waals surface area contributed by atoms with Crippen molar-refractivity contribution in [1.82, 2.24) is 19.7 Å². The molecule has 0 radical (unpaired) electrons. The minimum Gasteiger partial charge on any atom is -0.369 e. The number of nitrogens with zero attached hydrogens (tertiary/aromatic N) is 3. The van der Waals surface area contributed by atoms with Gasteiger partial charge < -0.3 is 10.1 Å². The maximum atomic E-state index is 6.09. The summed E-state index contributed by atoms with van der Waals surface area (Å²) in [6, 6.07) is 9.70. The average molecular weight is 351 g/mol. The van der Waals surface area contributed by atoms with Crippen LogP contribution in [0.4, 0.5) is 0 Å². The van der Waals surface area contributed by atoms with Crippen molar-refractivity contribution in [1.29, 1.82) is 0 Å². The van der Waals surface area contributed by atoms with Crippen LogP contribution in [0.1, 0.15) is 11.8 Å². The Hall–Kier alpha value is -1.66. The molecule has 120 valence electrons. The monoisotopic (exact) mass is 350 g/mol. The Balaban J connectivity index is 0.00000156. The largest absolute Gasteiger partial charge is 0.369 e. The lowest BCUT2D eigenvalue weighted by atomic mass is 10.2. The third-order valence-corrected chi connectivity index (χ3v) is 3.98. The predicted molar refractivity (Wildman–Crippen MR) is 92.2 cm³/mol. The van der Waals surface area contributed by atoms with Crippen LogP contribution in [0.2, 0.25) is 5.02 Å². The van der Waals surface area contributed by atoms with E-state index in [9.17, 15) is 0 Å². The molecule has 1 aliphatic heterocycles. The molecule has 4 rings (SSSR count). The quantitative estimate of drug-likeness (QED) is 0.771. The van der Waals surface area contributed by atoms with Gasteiger partial charge in [-0.3, -0.25) is 4.40 Å². The smallest absolute Gasteiger partial charge is 0.137 e. The molecule has 5 nitrogen and oxygen atoms in total. The molecular formula is C16H16Cl2N4O. The van der Waals surface area contributed by atoms with E-state index in [1.165, 1.54) is 0 Å².